The van der Waals surface area contributed by atoms with Gasteiger partial charge in [0.2, 0.25) is 5.91 Å². The standard InChI is InChI=1S/C21H18N6O2S/c22-20(28)13-3-4-23-17(8-13)18-11-27(5-6-29-18)19-9-16-7-14(21-26-25-12-30-21)1-2-15(16)10-24-19/h1-4,7-10,12,18H,5-6,11H2,(H2,22,28). The lowest BCUT2D eigenvalue weighted by atomic mass is 10.1. The molecule has 5 rings (SSSR count). The van der Waals surface area contributed by atoms with E-state index in [1.807, 2.05) is 18.3 Å². The summed E-state index contributed by atoms with van der Waals surface area (Å²) < 4.78 is 5.91. The average molecular weight is 418 g/mol. The summed E-state index contributed by atoms with van der Waals surface area (Å²) in [5, 5.41) is 11.1. The molecule has 1 aliphatic rings. The first kappa shape index (κ1) is 18.6. The highest BCUT2D eigenvalue weighted by Crippen LogP contribution is 2.29. The van der Waals surface area contributed by atoms with E-state index in [9.17, 15) is 4.79 Å². The third kappa shape index (κ3) is 3.60. The van der Waals surface area contributed by atoms with E-state index in [2.05, 4.69) is 37.2 Å². The Bertz CT molecular complexity index is 1210. The SMILES string of the molecule is NC(=O)c1ccnc(C2CN(c3cc4cc(-c5nncs5)ccc4cn3)CCO2)c1. The molecule has 0 aliphatic carbocycles. The predicted octanol–water partition coefficient (Wildman–Crippen LogP) is 2.83. The van der Waals surface area contributed by atoms with E-state index in [1.54, 1.807) is 23.8 Å². The summed E-state index contributed by atoms with van der Waals surface area (Å²) in [6, 6.07) is 11.6. The van der Waals surface area contributed by atoms with Gasteiger partial charge in [0, 0.05) is 35.5 Å². The topological polar surface area (TPSA) is 107 Å². The van der Waals surface area contributed by atoms with Crippen LogP contribution in [0.4, 0.5) is 5.82 Å². The minimum absolute atomic E-state index is 0.261. The summed E-state index contributed by atoms with van der Waals surface area (Å²) in [7, 11) is 0. The Morgan fingerprint density at radius 2 is 2.10 bits per heavy atom. The van der Waals surface area contributed by atoms with Crippen molar-refractivity contribution in [2.24, 2.45) is 5.73 Å². The highest BCUT2D eigenvalue weighted by Gasteiger charge is 2.24. The fourth-order valence-electron chi connectivity index (χ4n) is 3.55. The van der Waals surface area contributed by atoms with Crippen molar-refractivity contribution in [1.82, 2.24) is 20.2 Å². The minimum Gasteiger partial charge on any atom is -0.368 e. The third-order valence-electron chi connectivity index (χ3n) is 5.10. The molecule has 1 aromatic carbocycles. The molecule has 0 spiro atoms. The van der Waals surface area contributed by atoms with Crippen molar-refractivity contribution >= 4 is 33.8 Å². The van der Waals surface area contributed by atoms with E-state index in [0.717, 1.165) is 33.7 Å². The van der Waals surface area contributed by atoms with Crippen molar-refractivity contribution in [3.8, 4) is 10.6 Å². The summed E-state index contributed by atoms with van der Waals surface area (Å²) in [4.78, 5) is 22.7. The number of ether oxygens (including phenoxy) is 1. The van der Waals surface area contributed by atoms with Gasteiger partial charge in [0.1, 0.15) is 22.4 Å². The van der Waals surface area contributed by atoms with Crippen molar-refractivity contribution in [1.29, 1.82) is 0 Å². The number of hydrogen-bond acceptors (Lipinski definition) is 8. The highest BCUT2D eigenvalue weighted by molar-refractivity contribution is 7.12. The molecule has 4 aromatic rings. The van der Waals surface area contributed by atoms with Crippen molar-refractivity contribution in [3.63, 3.8) is 0 Å². The Morgan fingerprint density at radius 3 is 2.93 bits per heavy atom. The van der Waals surface area contributed by atoms with Gasteiger partial charge in [-0.2, -0.15) is 0 Å². The van der Waals surface area contributed by atoms with Crippen LogP contribution in [0.1, 0.15) is 22.2 Å². The Kier molecular flexibility index (Phi) is 4.82. The fourth-order valence-corrected chi connectivity index (χ4v) is 4.10. The van der Waals surface area contributed by atoms with Crippen LogP contribution in [-0.4, -0.2) is 45.8 Å². The minimum atomic E-state index is -0.478. The Labute approximate surface area is 176 Å². The van der Waals surface area contributed by atoms with Crippen LogP contribution in [0.15, 0.2) is 54.3 Å². The summed E-state index contributed by atoms with van der Waals surface area (Å²) in [5.74, 6) is 0.394. The Morgan fingerprint density at radius 1 is 1.17 bits per heavy atom. The first-order valence-corrected chi connectivity index (χ1v) is 10.3. The second-order valence-electron chi connectivity index (χ2n) is 6.99. The van der Waals surface area contributed by atoms with Crippen LogP contribution in [0.25, 0.3) is 21.3 Å². The molecule has 1 aliphatic heterocycles. The van der Waals surface area contributed by atoms with Crippen LogP contribution >= 0.6 is 11.3 Å². The van der Waals surface area contributed by atoms with Crippen LogP contribution in [-0.2, 0) is 4.74 Å². The summed E-state index contributed by atoms with van der Waals surface area (Å²) in [6.07, 6.45) is 3.20. The zero-order valence-corrected chi connectivity index (χ0v) is 16.7. The number of primary amides is 1. The number of amides is 1. The number of carbonyl (C=O) groups excluding carboxylic acids is 1. The second-order valence-corrected chi connectivity index (χ2v) is 7.82. The lowest BCUT2D eigenvalue weighted by Crippen LogP contribution is -2.39. The molecule has 2 N–H and O–H groups in total. The van der Waals surface area contributed by atoms with Gasteiger partial charge in [0.25, 0.3) is 0 Å². The van der Waals surface area contributed by atoms with Crippen LogP contribution < -0.4 is 10.6 Å². The number of fused-ring (bicyclic) bond motifs is 1. The zero-order chi connectivity index (χ0) is 20.5. The number of nitrogens with two attached hydrogens (primary N) is 1. The van der Waals surface area contributed by atoms with E-state index in [1.165, 1.54) is 11.3 Å². The van der Waals surface area contributed by atoms with Crippen LogP contribution in [0.5, 0.6) is 0 Å². The zero-order valence-electron chi connectivity index (χ0n) is 15.9. The molecule has 1 saturated heterocycles. The monoisotopic (exact) mass is 418 g/mol. The van der Waals surface area contributed by atoms with Crippen molar-refractivity contribution < 1.29 is 9.53 Å². The number of pyridine rings is 2. The van der Waals surface area contributed by atoms with Gasteiger partial charge in [-0.15, -0.1) is 10.2 Å². The van der Waals surface area contributed by atoms with Gasteiger partial charge in [0.15, 0.2) is 0 Å². The van der Waals surface area contributed by atoms with E-state index in [4.69, 9.17) is 10.5 Å². The van der Waals surface area contributed by atoms with Gasteiger partial charge in [0.05, 0.1) is 18.8 Å². The van der Waals surface area contributed by atoms with Crippen LogP contribution in [0.2, 0.25) is 0 Å². The first-order valence-electron chi connectivity index (χ1n) is 9.46. The lowest BCUT2D eigenvalue weighted by molar-refractivity contribution is 0.0367. The maximum atomic E-state index is 11.5. The van der Waals surface area contributed by atoms with Crippen molar-refractivity contribution in [3.05, 3.63) is 65.6 Å². The quantitative estimate of drug-likeness (QED) is 0.543. The molecule has 150 valence electrons. The van der Waals surface area contributed by atoms with Gasteiger partial charge in [-0.3, -0.25) is 9.78 Å². The number of morpholine rings is 1. The van der Waals surface area contributed by atoms with E-state index in [0.29, 0.717) is 24.4 Å². The molecule has 1 fully saturated rings. The smallest absolute Gasteiger partial charge is 0.248 e. The van der Waals surface area contributed by atoms with Gasteiger partial charge in [-0.05, 0) is 29.7 Å². The lowest BCUT2D eigenvalue weighted by Gasteiger charge is -2.33. The summed E-state index contributed by atoms with van der Waals surface area (Å²) in [5.41, 5.74) is 9.28. The summed E-state index contributed by atoms with van der Waals surface area (Å²) in [6.45, 7) is 1.85. The molecule has 1 unspecified atom stereocenters. The van der Waals surface area contributed by atoms with Crippen LogP contribution in [0, 0.1) is 0 Å². The molecule has 0 radical (unpaired) electrons. The molecule has 3 aromatic heterocycles. The maximum Gasteiger partial charge on any atom is 0.248 e. The second kappa shape index (κ2) is 7.77. The normalized spacial score (nSPS) is 16.7. The third-order valence-corrected chi connectivity index (χ3v) is 5.84. The summed E-state index contributed by atoms with van der Waals surface area (Å²) >= 11 is 1.51. The predicted molar refractivity (Wildman–Crippen MR) is 114 cm³/mol. The van der Waals surface area contributed by atoms with Gasteiger partial charge in [-0.1, -0.05) is 23.5 Å². The largest absolute Gasteiger partial charge is 0.368 e. The fraction of sp³-hybridized carbons (Fsp3) is 0.190. The molecule has 30 heavy (non-hydrogen) atoms. The average Bonchev–Trinajstić information content (AvgIpc) is 3.33. The number of hydrogen-bond donors (Lipinski definition) is 1. The highest BCUT2D eigenvalue weighted by atomic mass is 32.1. The van der Waals surface area contributed by atoms with E-state index < -0.39 is 5.91 Å². The number of nitrogens with zero attached hydrogens (tertiary/aromatic N) is 5. The van der Waals surface area contributed by atoms with Crippen molar-refractivity contribution in [2.45, 2.75) is 6.10 Å². The Hall–Kier alpha value is -3.43. The molecule has 0 bridgehead atoms. The number of aromatic nitrogens is 4. The number of benzene rings is 1. The van der Waals surface area contributed by atoms with Gasteiger partial charge in [-0.25, -0.2) is 4.98 Å². The molecule has 8 nitrogen and oxygen atoms in total. The number of anilines is 1. The van der Waals surface area contributed by atoms with Gasteiger partial charge < -0.3 is 15.4 Å². The molecule has 1 amide bonds. The van der Waals surface area contributed by atoms with Gasteiger partial charge >= 0.3 is 0 Å². The molecular weight excluding hydrogens is 400 g/mol. The molecule has 0 saturated carbocycles. The molecule has 4 heterocycles. The first-order chi connectivity index (χ1) is 14.7. The Balaban J connectivity index is 1.43. The molecular formula is C21H18N6O2S. The number of rotatable bonds is 4. The van der Waals surface area contributed by atoms with Crippen LogP contribution in [0.3, 0.4) is 0 Å². The van der Waals surface area contributed by atoms with Crippen molar-refractivity contribution in [2.75, 3.05) is 24.6 Å². The molecule has 1 atom stereocenters. The van der Waals surface area contributed by atoms with E-state index >= 15 is 0 Å². The molecule has 9 heteroatoms. The van der Waals surface area contributed by atoms with E-state index in [-0.39, 0.29) is 6.10 Å². The maximum absolute atomic E-state index is 11.5. The number of carbonyl (C=O) groups is 1.